The number of furan rings is 1. The van der Waals surface area contributed by atoms with Crippen LogP contribution < -0.4 is 11.3 Å². The molecule has 5 heteroatoms. The lowest BCUT2D eigenvalue weighted by Crippen LogP contribution is -2.31. The summed E-state index contributed by atoms with van der Waals surface area (Å²) >= 11 is 3.26. The Kier molecular flexibility index (Phi) is 3.98. The average molecular weight is 246 g/mol. The number of halogens is 1. The number of nitrogens with zero attached hydrogens (tertiary/aromatic N) is 1. The van der Waals surface area contributed by atoms with E-state index >= 15 is 0 Å². The van der Waals surface area contributed by atoms with Crippen molar-refractivity contribution in [3.05, 3.63) is 22.6 Å². The van der Waals surface area contributed by atoms with Crippen LogP contribution in [0.2, 0.25) is 0 Å². The molecule has 1 heterocycles. The van der Waals surface area contributed by atoms with Gasteiger partial charge in [-0.2, -0.15) is 0 Å². The molecule has 0 aliphatic carbocycles. The zero-order chi connectivity index (χ0) is 9.68. The van der Waals surface area contributed by atoms with E-state index in [9.17, 15) is 0 Å². The highest BCUT2D eigenvalue weighted by molar-refractivity contribution is 9.10. The van der Waals surface area contributed by atoms with Gasteiger partial charge < -0.3 is 9.84 Å². The fourth-order valence-electron chi connectivity index (χ4n) is 0.895. The van der Waals surface area contributed by atoms with Crippen LogP contribution in [0, 0.1) is 0 Å². The van der Waals surface area contributed by atoms with Gasteiger partial charge in [0.2, 0.25) is 0 Å². The highest BCUT2D eigenvalue weighted by atomic mass is 79.9. The molecule has 0 saturated carbocycles. The minimum atomic E-state index is 0.639. The van der Waals surface area contributed by atoms with Crippen LogP contribution in [-0.2, 0) is 0 Å². The SMILES string of the molecule is CCCN=C(NN)c1ccoc1Br. The second-order valence-corrected chi connectivity index (χ2v) is 3.20. The number of hydrogen-bond donors (Lipinski definition) is 2. The summed E-state index contributed by atoms with van der Waals surface area (Å²) in [6.45, 7) is 2.80. The Morgan fingerprint density at radius 1 is 1.77 bits per heavy atom. The zero-order valence-electron chi connectivity index (χ0n) is 7.38. The Morgan fingerprint density at radius 2 is 2.54 bits per heavy atom. The van der Waals surface area contributed by atoms with Crippen LogP contribution in [0.3, 0.4) is 0 Å². The van der Waals surface area contributed by atoms with Gasteiger partial charge in [0.15, 0.2) is 4.67 Å². The van der Waals surface area contributed by atoms with Crippen molar-refractivity contribution in [2.45, 2.75) is 13.3 Å². The predicted molar refractivity (Wildman–Crippen MR) is 55.4 cm³/mol. The number of amidine groups is 1. The Labute approximate surface area is 85.3 Å². The van der Waals surface area contributed by atoms with Crippen molar-refractivity contribution in [3.63, 3.8) is 0 Å². The Bertz CT molecular complexity index is 295. The fourth-order valence-corrected chi connectivity index (χ4v) is 1.32. The predicted octanol–water partition coefficient (Wildman–Crippen LogP) is 1.66. The van der Waals surface area contributed by atoms with Gasteiger partial charge in [-0.15, -0.1) is 0 Å². The molecule has 0 atom stereocenters. The topological polar surface area (TPSA) is 63.5 Å². The maximum atomic E-state index is 5.33. The molecule has 0 aromatic carbocycles. The summed E-state index contributed by atoms with van der Waals surface area (Å²) in [5, 5.41) is 0. The second kappa shape index (κ2) is 5.04. The van der Waals surface area contributed by atoms with Crippen LogP contribution in [0.4, 0.5) is 0 Å². The van der Waals surface area contributed by atoms with E-state index in [2.05, 4.69) is 33.3 Å². The van der Waals surface area contributed by atoms with Crippen molar-refractivity contribution >= 4 is 21.8 Å². The van der Waals surface area contributed by atoms with Crippen LogP contribution in [0.15, 0.2) is 26.4 Å². The van der Waals surface area contributed by atoms with E-state index in [0.717, 1.165) is 18.5 Å². The summed E-state index contributed by atoms with van der Waals surface area (Å²) < 4.78 is 5.71. The van der Waals surface area contributed by atoms with Crippen molar-refractivity contribution in [2.24, 2.45) is 10.8 Å². The molecule has 0 saturated heterocycles. The highest BCUT2D eigenvalue weighted by Crippen LogP contribution is 2.17. The first kappa shape index (κ1) is 10.3. The summed E-state index contributed by atoms with van der Waals surface area (Å²) in [5.41, 5.74) is 3.38. The third-order valence-corrected chi connectivity index (χ3v) is 2.12. The van der Waals surface area contributed by atoms with E-state index in [0.29, 0.717) is 10.5 Å². The third-order valence-electron chi connectivity index (χ3n) is 1.50. The summed E-state index contributed by atoms with van der Waals surface area (Å²) in [5.74, 6) is 5.97. The van der Waals surface area contributed by atoms with Gasteiger partial charge in [-0.3, -0.25) is 4.99 Å². The monoisotopic (exact) mass is 245 g/mol. The van der Waals surface area contributed by atoms with Gasteiger partial charge in [-0.25, -0.2) is 5.84 Å². The van der Waals surface area contributed by atoms with Crippen molar-refractivity contribution in [3.8, 4) is 0 Å². The molecule has 1 aromatic heterocycles. The summed E-state index contributed by atoms with van der Waals surface area (Å²) in [7, 11) is 0. The van der Waals surface area contributed by atoms with Crippen molar-refractivity contribution in [1.82, 2.24) is 5.43 Å². The molecule has 4 nitrogen and oxygen atoms in total. The normalized spacial score (nSPS) is 11.8. The molecule has 0 bridgehead atoms. The summed E-state index contributed by atoms with van der Waals surface area (Å²) in [6.07, 6.45) is 2.57. The number of nitrogens with one attached hydrogen (secondary N) is 1. The maximum Gasteiger partial charge on any atom is 0.179 e. The molecule has 0 spiro atoms. The minimum absolute atomic E-state index is 0.639. The summed E-state index contributed by atoms with van der Waals surface area (Å²) in [6, 6.07) is 1.80. The number of hydrogen-bond acceptors (Lipinski definition) is 3. The summed E-state index contributed by atoms with van der Waals surface area (Å²) in [4.78, 5) is 4.25. The Balaban J connectivity index is 2.84. The molecule has 13 heavy (non-hydrogen) atoms. The third kappa shape index (κ3) is 2.57. The van der Waals surface area contributed by atoms with E-state index in [1.54, 1.807) is 12.3 Å². The largest absolute Gasteiger partial charge is 0.457 e. The second-order valence-electron chi connectivity index (χ2n) is 2.48. The van der Waals surface area contributed by atoms with Crippen molar-refractivity contribution in [1.29, 1.82) is 0 Å². The molecule has 0 fully saturated rings. The number of hydrazine groups is 1. The van der Waals surface area contributed by atoms with Gasteiger partial charge >= 0.3 is 0 Å². The quantitative estimate of drug-likeness (QED) is 0.369. The molecule has 0 aliphatic rings. The molecule has 0 aliphatic heterocycles. The molecule has 0 amide bonds. The fraction of sp³-hybridized carbons (Fsp3) is 0.375. The van der Waals surface area contributed by atoms with E-state index in [4.69, 9.17) is 10.3 Å². The lowest BCUT2D eigenvalue weighted by Gasteiger charge is -2.02. The van der Waals surface area contributed by atoms with Crippen molar-refractivity contribution in [2.75, 3.05) is 6.54 Å². The van der Waals surface area contributed by atoms with Crippen molar-refractivity contribution < 1.29 is 4.42 Å². The lowest BCUT2D eigenvalue weighted by atomic mass is 10.3. The smallest absolute Gasteiger partial charge is 0.179 e. The van der Waals surface area contributed by atoms with Gasteiger partial charge in [0.1, 0.15) is 5.84 Å². The maximum absolute atomic E-state index is 5.33. The zero-order valence-corrected chi connectivity index (χ0v) is 8.97. The molecular weight excluding hydrogens is 234 g/mol. The van der Waals surface area contributed by atoms with Gasteiger partial charge in [0, 0.05) is 6.54 Å². The van der Waals surface area contributed by atoms with Crippen LogP contribution in [0.25, 0.3) is 0 Å². The Hall–Kier alpha value is -0.810. The van der Waals surface area contributed by atoms with E-state index in [1.165, 1.54) is 0 Å². The molecule has 0 radical (unpaired) electrons. The van der Waals surface area contributed by atoms with Gasteiger partial charge in [-0.1, -0.05) is 6.92 Å². The number of nitrogens with two attached hydrogens (primary N) is 1. The number of aliphatic imine (C=N–C) groups is 1. The van der Waals surface area contributed by atoms with E-state index < -0.39 is 0 Å². The van der Waals surface area contributed by atoms with E-state index in [1.807, 2.05) is 0 Å². The van der Waals surface area contributed by atoms with Gasteiger partial charge in [-0.05, 0) is 28.4 Å². The highest BCUT2D eigenvalue weighted by Gasteiger charge is 2.08. The van der Waals surface area contributed by atoms with Gasteiger partial charge in [0.25, 0.3) is 0 Å². The van der Waals surface area contributed by atoms with Gasteiger partial charge in [0.05, 0.1) is 11.8 Å². The molecule has 1 aromatic rings. The molecule has 0 unspecified atom stereocenters. The lowest BCUT2D eigenvalue weighted by molar-refractivity contribution is 0.540. The average Bonchev–Trinajstić information content (AvgIpc) is 2.54. The number of rotatable bonds is 3. The Morgan fingerprint density at radius 3 is 3.00 bits per heavy atom. The minimum Gasteiger partial charge on any atom is -0.457 e. The molecule has 3 N–H and O–H groups in total. The molecular formula is C8H12BrN3O. The first-order valence-corrected chi connectivity index (χ1v) is 4.83. The van der Waals surface area contributed by atoms with E-state index in [-0.39, 0.29) is 0 Å². The first-order valence-electron chi connectivity index (χ1n) is 4.04. The molecule has 1 rings (SSSR count). The van der Waals surface area contributed by atoms with Crippen LogP contribution in [0.1, 0.15) is 18.9 Å². The molecule has 72 valence electrons. The standard InChI is InChI=1S/C8H12BrN3O/c1-2-4-11-8(12-10)6-3-5-13-7(6)9/h3,5H,2,4,10H2,1H3,(H,11,12). The first-order chi connectivity index (χ1) is 6.29. The van der Waals surface area contributed by atoms with Crippen LogP contribution in [0.5, 0.6) is 0 Å². The van der Waals surface area contributed by atoms with Crippen LogP contribution >= 0.6 is 15.9 Å². The van der Waals surface area contributed by atoms with Crippen LogP contribution in [-0.4, -0.2) is 12.4 Å².